The second-order valence-electron chi connectivity index (χ2n) is 6.19. The molecule has 0 bridgehead atoms. The predicted molar refractivity (Wildman–Crippen MR) is 81.5 cm³/mol. The molecule has 1 fully saturated rings. The lowest BCUT2D eigenvalue weighted by molar-refractivity contribution is -0.140. The van der Waals surface area contributed by atoms with Gasteiger partial charge in [0.05, 0.1) is 12.1 Å². The molecule has 1 amide bonds. The molecule has 0 aromatic heterocycles. The maximum atomic E-state index is 12.6. The molecular weight excluding hydrogens is 254 g/mol. The van der Waals surface area contributed by atoms with Crippen molar-refractivity contribution in [2.24, 2.45) is 11.7 Å². The molecule has 0 aromatic carbocycles. The molecule has 0 aliphatic carbocycles. The number of nitrogens with two attached hydrogens (primary N) is 1. The number of hydrogen-bond donors (Lipinski definition) is 1. The van der Waals surface area contributed by atoms with Crippen LogP contribution in [-0.2, 0) is 9.53 Å². The van der Waals surface area contributed by atoms with Crippen LogP contribution in [0.25, 0.3) is 0 Å². The predicted octanol–water partition coefficient (Wildman–Crippen LogP) is 0.929. The molecule has 118 valence electrons. The van der Waals surface area contributed by atoms with Gasteiger partial charge in [0, 0.05) is 19.7 Å². The summed E-state index contributed by atoms with van der Waals surface area (Å²) in [5, 5.41) is 0. The summed E-state index contributed by atoms with van der Waals surface area (Å²) < 4.78 is 5.78. The Bertz CT molecular complexity index is 279. The summed E-state index contributed by atoms with van der Waals surface area (Å²) in [6.45, 7) is 7.24. The average Bonchev–Trinajstić information content (AvgIpc) is 2.39. The quantitative estimate of drug-likeness (QED) is 0.707. The highest BCUT2D eigenvalue weighted by atomic mass is 16.5. The van der Waals surface area contributed by atoms with Gasteiger partial charge in [-0.3, -0.25) is 9.69 Å². The van der Waals surface area contributed by atoms with Gasteiger partial charge in [0.15, 0.2) is 0 Å². The van der Waals surface area contributed by atoms with E-state index in [9.17, 15) is 4.79 Å². The Kier molecular flexibility index (Phi) is 7.48. The molecule has 0 saturated carbocycles. The minimum Gasteiger partial charge on any atom is -0.378 e. The summed E-state index contributed by atoms with van der Waals surface area (Å²) >= 11 is 0. The van der Waals surface area contributed by atoms with Gasteiger partial charge in [-0.05, 0) is 45.8 Å². The number of likely N-dealkylation sites (N-methyl/N-ethyl adjacent to an activating group) is 1. The molecule has 0 spiro atoms. The van der Waals surface area contributed by atoms with Crippen LogP contribution in [0.15, 0.2) is 0 Å². The lowest BCUT2D eigenvalue weighted by Gasteiger charge is -2.37. The number of amides is 1. The third-order valence-electron chi connectivity index (χ3n) is 3.90. The Morgan fingerprint density at radius 1 is 1.35 bits per heavy atom. The van der Waals surface area contributed by atoms with E-state index >= 15 is 0 Å². The Hall–Kier alpha value is -0.650. The Balaban J connectivity index is 2.42. The zero-order chi connectivity index (χ0) is 15.1. The van der Waals surface area contributed by atoms with E-state index in [1.807, 2.05) is 23.9 Å². The topological polar surface area (TPSA) is 58.8 Å². The third-order valence-corrected chi connectivity index (χ3v) is 3.90. The van der Waals surface area contributed by atoms with Gasteiger partial charge in [0.1, 0.15) is 0 Å². The highest BCUT2D eigenvalue weighted by Crippen LogP contribution is 2.18. The molecule has 1 saturated heterocycles. The van der Waals surface area contributed by atoms with Crippen LogP contribution in [0.5, 0.6) is 0 Å². The smallest absolute Gasteiger partial charge is 0.240 e. The van der Waals surface area contributed by atoms with E-state index in [-0.39, 0.29) is 11.9 Å². The zero-order valence-electron chi connectivity index (χ0n) is 13.5. The summed E-state index contributed by atoms with van der Waals surface area (Å²) in [5.74, 6) is 0.585. The molecule has 0 aromatic rings. The second kappa shape index (κ2) is 8.60. The van der Waals surface area contributed by atoms with Crippen molar-refractivity contribution in [2.75, 3.05) is 40.3 Å². The van der Waals surface area contributed by atoms with E-state index in [0.29, 0.717) is 18.6 Å². The highest BCUT2D eigenvalue weighted by Gasteiger charge is 2.31. The molecule has 20 heavy (non-hydrogen) atoms. The summed E-state index contributed by atoms with van der Waals surface area (Å²) in [7, 11) is 3.95. The van der Waals surface area contributed by atoms with Crippen LogP contribution < -0.4 is 5.73 Å². The van der Waals surface area contributed by atoms with E-state index in [4.69, 9.17) is 10.5 Å². The maximum absolute atomic E-state index is 12.6. The monoisotopic (exact) mass is 285 g/mol. The van der Waals surface area contributed by atoms with Crippen molar-refractivity contribution in [3.63, 3.8) is 0 Å². The molecule has 0 radical (unpaired) electrons. The highest BCUT2D eigenvalue weighted by molar-refractivity contribution is 5.82. The Morgan fingerprint density at radius 2 is 1.95 bits per heavy atom. The van der Waals surface area contributed by atoms with Crippen LogP contribution in [-0.4, -0.2) is 68.2 Å². The van der Waals surface area contributed by atoms with Gasteiger partial charge in [-0.1, -0.05) is 13.8 Å². The van der Waals surface area contributed by atoms with E-state index in [2.05, 4.69) is 13.8 Å². The van der Waals surface area contributed by atoms with Crippen molar-refractivity contribution in [1.82, 2.24) is 9.80 Å². The first kappa shape index (κ1) is 17.4. The lowest BCUT2D eigenvalue weighted by Crippen LogP contribution is -2.51. The van der Waals surface area contributed by atoms with E-state index < -0.39 is 0 Å². The molecule has 2 N–H and O–H groups in total. The van der Waals surface area contributed by atoms with Crippen LogP contribution in [0.1, 0.15) is 33.1 Å². The van der Waals surface area contributed by atoms with Crippen molar-refractivity contribution in [3.05, 3.63) is 0 Å². The van der Waals surface area contributed by atoms with Gasteiger partial charge in [0.25, 0.3) is 0 Å². The number of hydrogen-bond acceptors (Lipinski definition) is 4. The molecular formula is C15H31N3O2. The number of rotatable bonds is 7. The number of carbonyl (C=O) groups excluding carboxylic acids is 1. The van der Waals surface area contributed by atoms with E-state index in [0.717, 1.165) is 39.0 Å². The van der Waals surface area contributed by atoms with Gasteiger partial charge in [0.2, 0.25) is 5.91 Å². The van der Waals surface area contributed by atoms with Crippen LogP contribution in [0.2, 0.25) is 0 Å². The van der Waals surface area contributed by atoms with Crippen LogP contribution in [0.4, 0.5) is 0 Å². The number of piperidine rings is 1. The van der Waals surface area contributed by atoms with Crippen LogP contribution >= 0.6 is 0 Å². The molecule has 1 aliphatic heterocycles. The molecule has 5 heteroatoms. The number of nitrogens with zero attached hydrogens (tertiary/aromatic N) is 2. The molecule has 1 atom stereocenters. The minimum atomic E-state index is -0.0234. The first-order valence-electron chi connectivity index (χ1n) is 7.74. The fourth-order valence-corrected chi connectivity index (χ4v) is 2.87. The fraction of sp³-hybridized carbons (Fsp3) is 0.933. The van der Waals surface area contributed by atoms with Crippen molar-refractivity contribution in [3.8, 4) is 0 Å². The minimum absolute atomic E-state index is 0.0234. The number of ether oxygens (including phenoxy) is 1. The standard InChI is InChI=1S/C15H31N3O2/c1-12(2)14(17(3)4)15(19)18-9-6-13(7-10-18)20-11-5-8-16/h12-14H,5-11,16H2,1-4H3. The summed E-state index contributed by atoms with van der Waals surface area (Å²) in [6.07, 6.45) is 3.08. The van der Waals surface area contributed by atoms with Gasteiger partial charge >= 0.3 is 0 Å². The molecule has 1 aliphatic rings. The van der Waals surface area contributed by atoms with E-state index in [1.165, 1.54) is 0 Å². The van der Waals surface area contributed by atoms with Gasteiger partial charge in [-0.25, -0.2) is 0 Å². The molecule has 1 unspecified atom stereocenters. The SMILES string of the molecule is CC(C)C(C(=O)N1CCC(OCCCN)CC1)N(C)C. The van der Waals surface area contributed by atoms with Crippen LogP contribution in [0.3, 0.4) is 0 Å². The van der Waals surface area contributed by atoms with Crippen molar-refractivity contribution >= 4 is 5.91 Å². The first-order valence-corrected chi connectivity index (χ1v) is 7.74. The molecule has 1 rings (SSSR count). The van der Waals surface area contributed by atoms with Crippen molar-refractivity contribution in [2.45, 2.75) is 45.3 Å². The third kappa shape index (κ3) is 5.04. The number of likely N-dealkylation sites (tertiary alicyclic amines) is 1. The van der Waals surface area contributed by atoms with Crippen molar-refractivity contribution in [1.29, 1.82) is 0 Å². The summed E-state index contributed by atoms with van der Waals surface area (Å²) in [6, 6.07) is -0.0234. The van der Waals surface area contributed by atoms with Crippen molar-refractivity contribution < 1.29 is 9.53 Å². The largest absolute Gasteiger partial charge is 0.378 e. The first-order chi connectivity index (χ1) is 9.47. The maximum Gasteiger partial charge on any atom is 0.240 e. The summed E-state index contributed by atoms with van der Waals surface area (Å²) in [5.41, 5.74) is 5.46. The number of carbonyl (C=O) groups is 1. The molecule has 5 nitrogen and oxygen atoms in total. The van der Waals surface area contributed by atoms with Gasteiger partial charge in [-0.2, -0.15) is 0 Å². The average molecular weight is 285 g/mol. The Morgan fingerprint density at radius 3 is 2.40 bits per heavy atom. The zero-order valence-corrected chi connectivity index (χ0v) is 13.5. The van der Waals surface area contributed by atoms with Crippen LogP contribution in [0, 0.1) is 5.92 Å². The van der Waals surface area contributed by atoms with E-state index in [1.54, 1.807) is 0 Å². The second-order valence-corrected chi connectivity index (χ2v) is 6.19. The summed E-state index contributed by atoms with van der Waals surface area (Å²) in [4.78, 5) is 16.6. The normalized spacial score (nSPS) is 18.9. The Labute approximate surface area is 123 Å². The van der Waals surface area contributed by atoms with Gasteiger partial charge in [-0.15, -0.1) is 0 Å². The lowest BCUT2D eigenvalue weighted by atomic mass is 9.99. The van der Waals surface area contributed by atoms with Gasteiger partial charge < -0.3 is 15.4 Å². The fourth-order valence-electron chi connectivity index (χ4n) is 2.87. The molecule has 1 heterocycles.